The van der Waals surface area contributed by atoms with Gasteiger partial charge >= 0.3 is 0 Å². The van der Waals surface area contributed by atoms with Crippen LogP contribution in [0.5, 0.6) is 0 Å². The van der Waals surface area contributed by atoms with Crippen LogP contribution < -0.4 is 5.32 Å². The molecule has 2 fully saturated rings. The molecule has 3 amide bonds. The number of carbonyl (C=O) groups excluding carboxylic acids is 3. The number of hydrogen-bond acceptors (Lipinski definition) is 7. The minimum atomic E-state index is -0.573. The highest BCUT2D eigenvalue weighted by atomic mass is 32.1. The van der Waals surface area contributed by atoms with Gasteiger partial charge < -0.3 is 4.90 Å². The van der Waals surface area contributed by atoms with Crippen molar-refractivity contribution in [2.45, 2.75) is 50.7 Å². The van der Waals surface area contributed by atoms with Crippen LogP contribution >= 0.6 is 11.3 Å². The number of amides is 3. The molecule has 3 aliphatic rings. The molecular formula is C25H25N5O3S. The van der Waals surface area contributed by atoms with Crippen molar-refractivity contribution in [2.24, 2.45) is 0 Å². The summed E-state index contributed by atoms with van der Waals surface area (Å²) < 4.78 is 0. The maximum Gasteiger partial charge on any atom is 0.255 e. The number of likely N-dealkylation sites (tertiary alicyclic amines) is 1. The number of imide groups is 1. The average molecular weight is 476 g/mol. The van der Waals surface area contributed by atoms with Crippen LogP contribution in [0.25, 0.3) is 10.2 Å². The zero-order chi connectivity index (χ0) is 23.2. The van der Waals surface area contributed by atoms with Crippen molar-refractivity contribution < 1.29 is 14.4 Å². The maximum atomic E-state index is 12.9. The maximum absolute atomic E-state index is 12.9. The van der Waals surface area contributed by atoms with Crippen LogP contribution in [0.15, 0.2) is 35.8 Å². The summed E-state index contributed by atoms with van der Waals surface area (Å²) in [5.41, 5.74) is 2.79. The summed E-state index contributed by atoms with van der Waals surface area (Å²) in [4.78, 5) is 51.1. The second kappa shape index (κ2) is 8.56. The van der Waals surface area contributed by atoms with E-state index < -0.39 is 6.04 Å². The fraction of sp³-hybridized carbons (Fsp3) is 0.400. The molecule has 1 N–H and O–H groups in total. The van der Waals surface area contributed by atoms with Crippen LogP contribution in [0, 0.1) is 0 Å². The molecule has 6 rings (SSSR count). The van der Waals surface area contributed by atoms with Crippen LogP contribution in [-0.4, -0.2) is 56.6 Å². The Morgan fingerprint density at radius 2 is 1.94 bits per heavy atom. The van der Waals surface area contributed by atoms with Crippen LogP contribution in [-0.2, 0) is 22.7 Å². The van der Waals surface area contributed by atoms with Gasteiger partial charge in [-0.2, -0.15) is 0 Å². The standard InChI is InChI=1S/C25H25N5O3S/c31-21-4-3-20(23(32)27-21)30-14-18-11-15(1-2-19(18)25(30)33)13-29-8-5-16(6-9-29)22-26-12-17-7-10-34-24(17)28-22/h1-2,7,10-12,16,20H,3-6,8-9,13-14H2,(H,27,31,32). The molecule has 5 heterocycles. The van der Waals surface area contributed by atoms with Crippen molar-refractivity contribution in [3.63, 3.8) is 0 Å². The molecule has 2 saturated heterocycles. The number of aromatic nitrogens is 2. The van der Waals surface area contributed by atoms with Crippen LogP contribution in [0.4, 0.5) is 0 Å². The molecule has 174 valence electrons. The first-order chi connectivity index (χ1) is 16.5. The Morgan fingerprint density at radius 1 is 1.09 bits per heavy atom. The van der Waals surface area contributed by atoms with Crippen molar-refractivity contribution in [3.8, 4) is 0 Å². The molecule has 1 unspecified atom stereocenters. The zero-order valence-electron chi connectivity index (χ0n) is 18.7. The minimum absolute atomic E-state index is 0.125. The topological polar surface area (TPSA) is 95.5 Å². The molecule has 0 saturated carbocycles. The van der Waals surface area contributed by atoms with E-state index in [4.69, 9.17) is 4.98 Å². The van der Waals surface area contributed by atoms with Gasteiger partial charge in [0.05, 0.1) is 0 Å². The summed E-state index contributed by atoms with van der Waals surface area (Å²) in [7, 11) is 0. The fourth-order valence-electron chi connectivity index (χ4n) is 5.30. The van der Waals surface area contributed by atoms with E-state index >= 15 is 0 Å². The lowest BCUT2D eigenvalue weighted by Crippen LogP contribution is -2.52. The average Bonchev–Trinajstić information content (AvgIpc) is 3.43. The van der Waals surface area contributed by atoms with E-state index in [1.54, 1.807) is 16.2 Å². The Bertz CT molecular complexity index is 1300. The van der Waals surface area contributed by atoms with Gasteiger partial charge in [0.2, 0.25) is 11.8 Å². The van der Waals surface area contributed by atoms with E-state index in [0.29, 0.717) is 24.4 Å². The van der Waals surface area contributed by atoms with Crippen molar-refractivity contribution in [1.82, 2.24) is 25.1 Å². The quantitative estimate of drug-likeness (QED) is 0.583. The van der Waals surface area contributed by atoms with E-state index in [2.05, 4.69) is 32.7 Å². The summed E-state index contributed by atoms with van der Waals surface area (Å²) in [6.45, 7) is 3.21. The highest BCUT2D eigenvalue weighted by Gasteiger charge is 2.39. The van der Waals surface area contributed by atoms with Gasteiger partial charge in [-0.1, -0.05) is 12.1 Å². The first-order valence-corrected chi connectivity index (χ1v) is 12.6. The molecule has 0 aliphatic carbocycles. The van der Waals surface area contributed by atoms with E-state index in [9.17, 15) is 14.4 Å². The smallest absolute Gasteiger partial charge is 0.255 e. The van der Waals surface area contributed by atoms with Gasteiger partial charge in [-0.3, -0.25) is 24.6 Å². The molecular weight excluding hydrogens is 450 g/mol. The highest BCUT2D eigenvalue weighted by molar-refractivity contribution is 7.16. The third-order valence-electron chi connectivity index (χ3n) is 7.17. The number of piperidine rings is 2. The lowest BCUT2D eigenvalue weighted by atomic mass is 9.95. The van der Waals surface area contributed by atoms with Gasteiger partial charge in [-0.15, -0.1) is 11.3 Å². The number of hydrogen-bond donors (Lipinski definition) is 1. The molecule has 0 spiro atoms. The number of rotatable bonds is 4. The molecule has 34 heavy (non-hydrogen) atoms. The second-order valence-corrected chi connectivity index (χ2v) is 10.2. The lowest BCUT2D eigenvalue weighted by Gasteiger charge is -2.31. The van der Waals surface area contributed by atoms with Crippen molar-refractivity contribution in [1.29, 1.82) is 0 Å². The summed E-state index contributed by atoms with van der Waals surface area (Å²) in [5.74, 6) is 0.582. The van der Waals surface area contributed by atoms with Gasteiger partial charge in [0.1, 0.15) is 16.7 Å². The van der Waals surface area contributed by atoms with Gasteiger partial charge in [-0.05, 0) is 61.0 Å². The van der Waals surface area contributed by atoms with Gasteiger partial charge in [-0.25, -0.2) is 9.97 Å². The number of carbonyl (C=O) groups is 3. The van der Waals surface area contributed by atoms with Crippen LogP contribution in [0.2, 0.25) is 0 Å². The molecule has 3 aliphatic heterocycles. The van der Waals surface area contributed by atoms with E-state index in [0.717, 1.165) is 54.1 Å². The third-order valence-corrected chi connectivity index (χ3v) is 8.00. The fourth-order valence-corrected chi connectivity index (χ4v) is 6.05. The number of thiophene rings is 1. The van der Waals surface area contributed by atoms with E-state index in [1.807, 2.05) is 18.3 Å². The summed E-state index contributed by atoms with van der Waals surface area (Å²) in [6, 6.07) is 7.48. The Morgan fingerprint density at radius 3 is 2.76 bits per heavy atom. The molecule has 3 aromatic rings. The van der Waals surface area contributed by atoms with Crippen LogP contribution in [0.1, 0.15) is 58.9 Å². The number of benzene rings is 1. The molecule has 1 aromatic carbocycles. The zero-order valence-corrected chi connectivity index (χ0v) is 19.5. The largest absolute Gasteiger partial charge is 0.322 e. The van der Waals surface area contributed by atoms with Crippen LogP contribution in [0.3, 0.4) is 0 Å². The predicted molar refractivity (Wildman–Crippen MR) is 127 cm³/mol. The number of fused-ring (bicyclic) bond motifs is 2. The Hall–Kier alpha value is -3.17. The monoisotopic (exact) mass is 475 g/mol. The highest BCUT2D eigenvalue weighted by Crippen LogP contribution is 2.31. The Kier molecular flexibility index (Phi) is 5.38. The summed E-state index contributed by atoms with van der Waals surface area (Å²) in [5, 5.41) is 5.52. The third kappa shape index (κ3) is 3.88. The Labute approximate surface area is 201 Å². The van der Waals surface area contributed by atoms with Gasteiger partial charge in [0.15, 0.2) is 0 Å². The minimum Gasteiger partial charge on any atom is -0.322 e. The molecule has 9 heteroatoms. The van der Waals surface area contributed by atoms with Crippen molar-refractivity contribution >= 4 is 39.3 Å². The summed E-state index contributed by atoms with van der Waals surface area (Å²) >= 11 is 1.66. The first-order valence-electron chi connectivity index (χ1n) is 11.7. The summed E-state index contributed by atoms with van der Waals surface area (Å²) in [6.07, 6.45) is 4.65. The number of nitrogens with one attached hydrogen (secondary N) is 1. The van der Waals surface area contributed by atoms with E-state index in [1.165, 1.54) is 5.56 Å². The van der Waals surface area contributed by atoms with Crippen molar-refractivity contribution in [3.05, 3.63) is 58.4 Å². The molecule has 1 atom stereocenters. The molecule has 0 bridgehead atoms. The molecule has 8 nitrogen and oxygen atoms in total. The van der Waals surface area contributed by atoms with Crippen molar-refractivity contribution in [2.75, 3.05) is 13.1 Å². The Balaban J connectivity index is 1.09. The SMILES string of the molecule is O=C1CCC(N2Cc3cc(CN4CCC(c5ncc6ccsc6n5)CC4)ccc3C2=O)C(=O)N1. The first kappa shape index (κ1) is 21.4. The van der Waals surface area contributed by atoms with E-state index in [-0.39, 0.29) is 24.1 Å². The normalized spacial score (nSPS) is 21.8. The second-order valence-electron chi connectivity index (χ2n) is 9.35. The van der Waals surface area contributed by atoms with Gasteiger partial charge in [0, 0.05) is 42.6 Å². The number of nitrogens with zero attached hydrogens (tertiary/aromatic N) is 4. The molecule has 2 aromatic heterocycles. The van der Waals surface area contributed by atoms with Gasteiger partial charge in [0.25, 0.3) is 5.91 Å². The molecule has 0 radical (unpaired) electrons. The predicted octanol–water partition coefficient (Wildman–Crippen LogP) is 2.83. The lowest BCUT2D eigenvalue weighted by molar-refractivity contribution is -0.136.